The van der Waals surface area contributed by atoms with E-state index in [2.05, 4.69) is 9.62 Å². The molecule has 122 valence electrons. The molecule has 0 unspecified atom stereocenters. The Kier molecular flexibility index (Phi) is 4.31. The third-order valence-corrected chi connectivity index (χ3v) is 5.73. The topological polar surface area (TPSA) is 49.4 Å². The Morgan fingerprint density at radius 3 is 2.43 bits per heavy atom. The first-order chi connectivity index (χ1) is 11.0. The van der Waals surface area contributed by atoms with E-state index >= 15 is 0 Å². The van der Waals surface area contributed by atoms with Crippen molar-refractivity contribution >= 4 is 21.4 Å². The lowest BCUT2D eigenvalue weighted by molar-refractivity contribution is 0.600. The van der Waals surface area contributed by atoms with Crippen LogP contribution in [0.25, 0.3) is 0 Å². The summed E-state index contributed by atoms with van der Waals surface area (Å²) in [5.41, 5.74) is 3.49. The van der Waals surface area contributed by atoms with E-state index < -0.39 is 10.0 Å². The minimum absolute atomic E-state index is 0.328. The number of nitrogens with one attached hydrogen (secondary N) is 1. The van der Waals surface area contributed by atoms with Crippen LogP contribution in [0, 0.1) is 13.8 Å². The molecule has 1 aliphatic rings. The van der Waals surface area contributed by atoms with E-state index in [4.69, 9.17) is 0 Å². The first-order valence-electron chi connectivity index (χ1n) is 7.91. The van der Waals surface area contributed by atoms with Crippen molar-refractivity contribution in [1.82, 2.24) is 0 Å². The van der Waals surface area contributed by atoms with Crippen LogP contribution < -0.4 is 9.62 Å². The maximum atomic E-state index is 12.6. The maximum Gasteiger partial charge on any atom is 0.262 e. The Balaban J connectivity index is 1.87. The van der Waals surface area contributed by atoms with Gasteiger partial charge in [0.1, 0.15) is 0 Å². The van der Waals surface area contributed by atoms with Crippen molar-refractivity contribution in [2.75, 3.05) is 22.7 Å². The molecular formula is C18H22N2O2S. The van der Waals surface area contributed by atoms with Gasteiger partial charge in [-0.05, 0) is 56.5 Å². The molecule has 3 rings (SSSR count). The minimum atomic E-state index is -3.57. The number of hydrogen-bond donors (Lipinski definition) is 1. The van der Waals surface area contributed by atoms with Crippen molar-refractivity contribution < 1.29 is 8.42 Å². The van der Waals surface area contributed by atoms with Gasteiger partial charge in [0, 0.05) is 18.8 Å². The minimum Gasteiger partial charge on any atom is -0.371 e. The van der Waals surface area contributed by atoms with E-state index in [-0.39, 0.29) is 0 Å². The average molecular weight is 330 g/mol. The lowest BCUT2D eigenvalue weighted by Gasteiger charge is -2.19. The summed E-state index contributed by atoms with van der Waals surface area (Å²) in [6.45, 7) is 5.85. The Morgan fingerprint density at radius 1 is 1.00 bits per heavy atom. The molecule has 0 amide bonds. The molecule has 1 N–H and O–H groups in total. The van der Waals surface area contributed by atoms with Gasteiger partial charge in [-0.15, -0.1) is 0 Å². The van der Waals surface area contributed by atoms with Gasteiger partial charge in [0.25, 0.3) is 10.0 Å². The lowest BCUT2D eigenvalue weighted by Crippen LogP contribution is -2.18. The monoisotopic (exact) mass is 330 g/mol. The molecular weight excluding hydrogens is 308 g/mol. The van der Waals surface area contributed by atoms with Crippen LogP contribution >= 0.6 is 0 Å². The highest BCUT2D eigenvalue weighted by molar-refractivity contribution is 7.92. The second-order valence-corrected chi connectivity index (χ2v) is 7.77. The second kappa shape index (κ2) is 6.24. The van der Waals surface area contributed by atoms with Gasteiger partial charge in [0.2, 0.25) is 0 Å². The summed E-state index contributed by atoms with van der Waals surface area (Å²) in [6.07, 6.45) is 2.39. The zero-order chi connectivity index (χ0) is 16.4. The normalized spacial score (nSPS) is 15.0. The maximum absolute atomic E-state index is 12.6. The Hall–Kier alpha value is -2.01. The molecule has 1 saturated heterocycles. The van der Waals surface area contributed by atoms with Crippen LogP contribution in [0.15, 0.2) is 47.4 Å². The number of hydrogen-bond acceptors (Lipinski definition) is 3. The fourth-order valence-corrected chi connectivity index (χ4v) is 4.33. The molecule has 1 aliphatic heterocycles. The number of sulfonamides is 1. The van der Waals surface area contributed by atoms with Gasteiger partial charge >= 0.3 is 0 Å². The van der Waals surface area contributed by atoms with Gasteiger partial charge in [0.05, 0.1) is 10.6 Å². The Morgan fingerprint density at radius 2 is 1.74 bits per heavy atom. The predicted molar refractivity (Wildman–Crippen MR) is 94.6 cm³/mol. The summed E-state index contributed by atoms with van der Waals surface area (Å²) >= 11 is 0. The molecule has 1 fully saturated rings. The van der Waals surface area contributed by atoms with Crippen molar-refractivity contribution in [3.05, 3.63) is 53.6 Å². The molecule has 0 saturated carbocycles. The van der Waals surface area contributed by atoms with Gasteiger partial charge in [-0.25, -0.2) is 8.42 Å². The van der Waals surface area contributed by atoms with Crippen LogP contribution in [-0.4, -0.2) is 21.5 Å². The van der Waals surface area contributed by atoms with E-state index in [1.807, 2.05) is 44.2 Å². The van der Waals surface area contributed by atoms with Gasteiger partial charge in [-0.1, -0.05) is 23.8 Å². The average Bonchev–Trinajstić information content (AvgIpc) is 3.00. The van der Waals surface area contributed by atoms with Crippen LogP contribution in [0.1, 0.15) is 24.0 Å². The molecule has 0 aromatic heterocycles. The van der Waals surface area contributed by atoms with Crippen molar-refractivity contribution in [2.24, 2.45) is 0 Å². The molecule has 0 spiro atoms. The van der Waals surface area contributed by atoms with Crippen LogP contribution in [0.5, 0.6) is 0 Å². The van der Waals surface area contributed by atoms with Gasteiger partial charge < -0.3 is 4.90 Å². The third kappa shape index (κ3) is 3.50. The van der Waals surface area contributed by atoms with Crippen molar-refractivity contribution in [3.8, 4) is 0 Å². The summed E-state index contributed by atoms with van der Waals surface area (Å²) in [4.78, 5) is 2.62. The largest absolute Gasteiger partial charge is 0.371 e. The first-order valence-corrected chi connectivity index (χ1v) is 9.39. The highest BCUT2D eigenvalue weighted by atomic mass is 32.2. The standard InChI is InChI=1S/C18H22N2O2S/c1-14-8-9-18(15(2)12-14)23(21,22)19-16-6-5-7-17(13-16)20-10-3-4-11-20/h5-9,12-13,19H,3-4,10-11H2,1-2H3. The zero-order valence-corrected chi connectivity index (χ0v) is 14.4. The fraction of sp³-hybridized carbons (Fsp3) is 0.333. The highest BCUT2D eigenvalue weighted by Gasteiger charge is 2.18. The third-order valence-electron chi connectivity index (χ3n) is 4.19. The summed E-state index contributed by atoms with van der Waals surface area (Å²) < 4.78 is 28.0. The summed E-state index contributed by atoms with van der Waals surface area (Å²) in [7, 11) is -3.57. The van der Waals surface area contributed by atoms with E-state index in [0.717, 1.165) is 29.9 Å². The molecule has 2 aromatic carbocycles. The number of rotatable bonds is 4. The summed E-state index contributed by atoms with van der Waals surface area (Å²) in [5, 5.41) is 0. The lowest BCUT2D eigenvalue weighted by atomic mass is 10.2. The van der Waals surface area contributed by atoms with E-state index in [1.54, 1.807) is 12.1 Å². The van der Waals surface area contributed by atoms with Gasteiger partial charge in [-0.3, -0.25) is 4.72 Å². The molecule has 1 heterocycles. The highest BCUT2D eigenvalue weighted by Crippen LogP contribution is 2.25. The van der Waals surface area contributed by atoms with E-state index in [0.29, 0.717) is 10.6 Å². The molecule has 4 nitrogen and oxygen atoms in total. The van der Waals surface area contributed by atoms with Crippen molar-refractivity contribution in [3.63, 3.8) is 0 Å². The molecule has 0 radical (unpaired) electrons. The zero-order valence-electron chi connectivity index (χ0n) is 13.5. The summed E-state index contributed by atoms with van der Waals surface area (Å²) in [6, 6.07) is 13.0. The van der Waals surface area contributed by atoms with Gasteiger partial charge in [-0.2, -0.15) is 0 Å². The molecule has 0 aliphatic carbocycles. The molecule has 23 heavy (non-hydrogen) atoms. The first kappa shape index (κ1) is 15.9. The number of anilines is 2. The predicted octanol–water partition coefficient (Wildman–Crippen LogP) is 3.70. The number of benzene rings is 2. The number of aryl methyl sites for hydroxylation is 2. The second-order valence-electron chi connectivity index (χ2n) is 6.12. The van der Waals surface area contributed by atoms with Crippen LogP contribution in [0.4, 0.5) is 11.4 Å². The SMILES string of the molecule is Cc1ccc(S(=O)(=O)Nc2cccc(N3CCCC3)c2)c(C)c1. The fourth-order valence-electron chi connectivity index (χ4n) is 3.05. The molecule has 2 aromatic rings. The molecule has 5 heteroatoms. The smallest absolute Gasteiger partial charge is 0.262 e. The number of nitrogens with zero attached hydrogens (tertiary/aromatic N) is 1. The molecule has 0 bridgehead atoms. The van der Waals surface area contributed by atoms with Gasteiger partial charge in [0.15, 0.2) is 0 Å². The van der Waals surface area contributed by atoms with Crippen LogP contribution in [0.3, 0.4) is 0 Å². The van der Waals surface area contributed by atoms with Crippen LogP contribution in [0.2, 0.25) is 0 Å². The van der Waals surface area contributed by atoms with Crippen molar-refractivity contribution in [1.29, 1.82) is 0 Å². The Labute approximate surface area is 138 Å². The van der Waals surface area contributed by atoms with Crippen LogP contribution in [-0.2, 0) is 10.0 Å². The van der Waals surface area contributed by atoms with E-state index in [1.165, 1.54) is 12.8 Å². The quantitative estimate of drug-likeness (QED) is 0.930. The van der Waals surface area contributed by atoms with Crippen molar-refractivity contribution in [2.45, 2.75) is 31.6 Å². The van der Waals surface area contributed by atoms with E-state index in [9.17, 15) is 8.42 Å². The molecule has 0 atom stereocenters. The summed E-state index contributed by atoms with van der Waals surface area (Å²) in [5.74, 6) is 0. The Bertz CT molecular complexity index is 810.